The third kappa shape index (κ3) is 4.73. The van der Waals surface area contributed by atoms with Crippen molar-refractivity contribution >= 4 is 17.8 Å². The molecule has 0 unspecified atom stereocenters. The third-order valence-electron chi connectivity index (χ3n) is 2.05. The number of hydrogen-bond donors (Lipinski definition) is 2. The molecule has 0 aliphatic rings. The van der Waals surface area contributed by atoms with Crippen molar-refractivity contribution in [2.75, 3.05) is 49.3 Å². The molecule has 1 heterocycles. The predicted molar refractivity (Wildman–Crippen MR) is 63.9 cm³/mol. The Kier molecular flexibility index (Phi) is 4.70. The van der Waals surface area contributed by atoms with Crippen molar-refractivity contribution in [1.29, 1.82) is 0 Å². The molecule has 0 aromatic carbocycles. The zero-order chi connectivity index (χ0) is 14.6. The topological polar surface area (TPSA) is 91.4 Å². The van der Waals surface area contributed by atoms with E-state index < -0.39 is 19.3 Å². The average molecular weight is 280 g/mol. The third-order valence-corrected chi connectivity index (χ3v) is 2.05. The molecule has 3 N–H and O–H groups in total. The lowest BCUT2D eigenvalue weighted by Gasteiger charge is -2.23. The standard InChI is InChI=1S/C9H15F3N6O/c1-17(2)7-14-6(13)15-8(16-7)18(3-4-19)5-9(10,11)12/h19H,3-5H2,1-2H3,(H2,13,14,15,16). The number of aromatic nitrogens is 3. The number of nitrogens with two attached hydrogens (primary N) is 1. The number of nitrogen functional groups attached to an aromatic ring is 1. The van der Waals surface area contributed by atoms with E-state index >= 15 is 0 Å². The fourth-order valence-corrected chi connectivity index (χ4v) is 1.30. The minimum atomic E-state index is -4.44. The maximum Gasteiger partial charge on any atom is 0.406 e. The molecule has 19 heavy (non-hydrogen) atoms. The predicted octanol–water partition coefficient (Wildman–Crippen LogP) is -0.119. The molecule has 7 nitrogen and oxygen atoms in total. The Hall–Kier alpha value is -1.84. The SMILES string of the molecule is CN(C)c1nc(N)nc(N(CCO)CC(F)(F)F)n1. The van der Waals surface area contributed by atoms with Gasteiger partial charge in [0.2, 0.25) is 17.8 Å². The molecule has 1 aromatic heterocycles. The first-order valence-corrected chi connectivity index (χ1v) is 5.34. The van der Waals surface area contributed by atoms with Gasteiger partial charge in [0.05, 0.1) is 6.61 Å². The smallest absolute Gasteiger partial charge is 0.395 e. The number of hydrogen-bond acceptors (Lipinski definition) is 7. The van der Waals surface area contributed by atoms with Crippen molar-refractivity contribution in [2.45, 2.75) is 6.18 Å². The molecule has 108 valence electrons. The lowest BCUT2D eigenvalue weighted by molar-refractivity contribution is -0.120. The largest absolute Gasteiger partial charge is 0.406 e. The lowest BCUT2D eigenvalue weighted by atomic mass is 10.5. The Morgan fingerprint density at radius 1 is 1.16 bits per heavy atom. The number of aliphatic hydroxyl groups is 1. The van der Waals surface area contributed by atoms with Crippen molar-refractivity contribution < 1.29 is 18.3 Å². The zero-order valence-corrected chi connectivity index (χ0v) is 10.5. The molecule has 0 saturated carbocycles. The van der Waals surface area contributed by atoms with E-state index in [-0.39, 0.29) is 24.4 Å². The summed E-state index contributed by atoms with van der Waals surface area (Å²) >= 11 is 0. The molecule has 0 aliphatic heterocycles. The van der Waals surface area contributed by atoms with Gasteiger partial charge in [0, 0.05) is 20.6 Å². The highest BCUT2D eigenvalue weighted by Gasteiger charge is 2.32. The first-order valence-electron chi connectivity index (χ1n) is 5.34. The molecule has 0 atom stereocenters. The van der Waals surface area contributed by atoms with Gasteiger partial charge in [-0.15, -0.1) is 0 Å². The molecular formula is C9H15F3N6O. The molecule has 0 aliphatic carbocycles. The average Bonchev–Trinajstić information content (AvgIpc) is 2.25. The summed E-state index contributed by atoms with van der Waals surface area (Å²) in [7, 11) is 3.25. The second-order valence-corrected chi connectivity index (χ2v) is 3.95. The van der Waals surface area contributed by atoms with Gasteiger partial charge in [0.1, 0.15) is 6.54 Å². The molecular weight excluding hydrogens is 265 g/mol. The molecule has 1 rings (SSSR count). The Morgan fingerprint density at radius 3 is 2.21 bits per heavy atom. The van der Waals surface area contributed by atoms with E-state index in [0.29, 0.717) is 0 Å². The summed E-state index contributed by atoms with van der Waals surface area (Å²) in [4.78, 5) is 13.6. The van der Waals surface area contributed by atoms with Crippen LogP contribution in [0, 0.1) is 0 Å². The van der Waals surface area contributed by atoms with Crippen LogP contribution in [-0.2, 0) is 0 Å². The van der Waals surface area contributed by atoms with Crippen LogP contribution in [0.25, 0.3) is 0 Å². The van der Waals surface area contributed by atoms with Crippen molar-refractivity contribution in [3.63, 3.8) is 0 Å². The van der Waals surface area contributed by atoms with Crippen LogP contribution in [0.4, 0.5) is 31.0 Å². The van der Waals surface area contributed by atoms with Crippen LogP contribution in [0.15, 0.2) is 0 Å². The van der Waals surface area contributed by atoms with Crippen LogP contribution in [0.1, 0.15) is 0 Å². The number of alkyl halides is 3. The lowest BCUT2D eigenvalue weighted by Crippen LogP contribution is -2.38. The molecule has 10 heteroatoms. The summed E-state index contributed by atoms with van der Waals surface area (Å²) in [5, 5.41) is 8.82. The Balaban J connectivity index is 3.07. The second kappa shape index (κ2) is 5.87. The van der Waals surface area contributed by atoms with E-state index in [2.05, 4.69) is 15.0 Å². The van der Waals surface area contributed by atoms with Crippen LogP contribution in [0.5, 0.6) is 0 Å². The summed E-state index contributed by atoms with van der Waals surface area (Å²) < 4.78 is 37.3. The van der Waals surface area contributed by atoms with Crippen LogP contribution in [0.2, 0.25) is 0 Å². The molecule has 0 fully saturated rings. The van der Waals surface area contributed by atoms with E-state index in [0.717, 1.165) is 4.90 Å². The molecule has 0 radical (unpaired) electrons. The highest BCUT2D eigenvalue weighted by Crippen LogP contribution is 2.20. The highest BCUT2D eigenvalue weighted by atomic mass is 19.4. The summed E-state index contributed by atoms with van der Waals surface area (Å²) in [6.45, 7) is -1.99. The quantitative estimate of drug-likeness (QED) is 0.777. The Morgan fingerprint density at radius 2 is 1.74 bits per heavy atom. The summed E-state index contributed by atoms with van der Waals surface area (Å²) in [5.41, 5.74) is 5.44. The van der Waals surface area contributed by atoms with Crippen molar-refractivity contribution in [2.24, 2.45) is 0 Å². The van der Waals surface area contributed by atoms with Crippen LogP contribution in [-0.4, -0.2) is 60.0 Å². The minimum absolute atomic E-state index is 0.146. The molecule has 0 spiro atoms. The summed E-state index contributed by atoms with van der Waals surface area (Å²) in [5.74, 6) is -0.256. The van der Waals surface area contributed by atoms with Gasteiger partial charge in [-0.05, 0) is 0 Å². The fourth-order valence-electron chi connectivity index (χ4n) is 1.30. The van der Waals surface area contributed by atoms with Crippen molar-refractivity contribution in [1.82, 2.24) is 15.0 Å². The van der Waals surface area contributed by atoms with Crippen LogP contribution >= 0.6 is 0 Å². The monoisotopic (exact) mass is 280 g/mol. The van der Waals surface area contributed by atoms with E-state index in [4.69, 9.17) is 10.8 Å². The number of nitrogens with zero attached hydrogens (tertiary/aromatic N) is 5. The highest BCUT2D eigenvalue weighted by molar-refractivity contribution is 5.42. The first kappa shape index (κ1) is 15.2. The van der Waals surface area contributed by atoms with Gasteiger partial charge >= 0.3 is 6.18 Å². The molecule has 0 amide bonds. The van der Waals surface area contributed by atoms with Crippen molar-refractivity contribution in [3.05, 3.63) is 0 Å². The van der Waals surface area contributed by atoms with Gasteiger partial charge in [-0.1, -0.05) is 0 Å². The van der Waals surface area contributed by atoms with Crippen LogP contribution < -0.4 is 15.5 Å². The van der Waals surface area contributed by atoms with Gasteiger partial charge in [-0.2, -0.15) is 28.1 Å². The summed E-state index contributed by atoms with van der Waals surface area (Å²) in [6.07, 6.45) is -4.44. The van der Waals surface area contributed by atoms with E-state index in [1.807, 2.05) is 0 Å². The van der Waals surface area contributed by atoms with Gasteiger partial charge in [0.15, 0.2) is 0 Å². The minimum Gasteiger partial charge on any atom is -0.395 e. The van der Waals surface area contributed by atoms with Crippen molar-refractivity contribution in [3.8, 4) is 0 Å². The van der Waals surface area contributed by atoms with Gasteiger partial charge in [-0.3, -0.25) is 0 Å². The Labute approximate surface area is 107 Å². The number of rotatable bonds is 5. The second-order valence-electron chi connectivity index (χ2n) is 3.95. The van der Waals surface area contributed by atoms with E-state index in [1.165, 1.54) is 4.90 Å². The van der Waals surface area contributed by atoms with Gasteiger partial charge < -0.3 is 20.6 Å². The number of anilines is 3. The number of halogens is 3. The van der Waals surface area contributed by atoms with Crippen LogP contribution in [0.3, 0.4) is 0 Å². The Bertz CT molecular complexity index is 425. The first-order chi connectivity index (χ1) is 8.73. The number of aliphatic hydroxyl groups excluding tert-OH is 1. The maximum absolute atomic E-state index is 12.4. The molecule has 0 bridgehead atoms. The van der Waals surface area contributed by atoms with E-state index in [9.17, 15) is 13.2 Å². The fraction of sp³-hybridized carbons (Fsp3) is 0.667. The molecule has 1 aromatic rings. The van der Waals surface area contributed by atoms with E-state index in [1.54, 1.807) is 14.1 Å². The summed E-state index contributed by atoms with van der Waals surface area (Å²) in [6, 6.07) is 0. The maximum atomic E-state index is 12.4. The van der Waals surface area contributed by atoms with Gasteiger partial charge in [0.25, 0.3) is 0 Å². The molecule has 0 saturated heterocycles. The normalized spacial score (nSPS) is 11.5. The van der Waals surface area contributed by atoms with Gasteiger partial charge in [-0.25, -0.2) is 0 Å². The zero-order valence-electron chi connectivity index (χ0n) is 10.5.